The zero-order valence-electron chi connectivity index (χ0n) is 35.6. The summed E-state index contributed by atoms with van der Waals surface area (Å²) in [6.45, 7) is 11.7. The molecule has 0 saturated carbocycles. The first-order valence-electron chi connectivity index (χ1n) is 18.6. The van der Waals surface area contributed by atoms with Gasteiger partial charge in [0.05, 0.1) is 40.2 Å². The first-order chi connectivity index (χ1) is 27.8. The Morgan fingerprint density at radius 3 is 1.33 bits per heavy atom. The van der Waals surface area contributed by atoms with Gasteiger partial charge in [-0.05, 0) is 65.9 Å². The molecule has 0 fully saturated rings. The molecule has 0 radical (unpaired) electrons. The molecule has 0 aliphatic rings. The smallest absolute Gasteiger partial charge is 0.852 e. The summed E-state index contributed by atoms with van der Waals surface area (Å²) in [6.07, 6.45) is -5.54. The number of nitrogens with zero attached hydrogens (tertiary/aromatic N) is 4. The molecule has 328 valence electrons. The average molecular weight is 932 g/mol. The largest absolute Gasteiger partial charge is 1.00 e. The molecule has 0 spiro atoms. The van der Waals surface area contributed by atoms with Crippen molar-refractivity contribution in [3.63, 3.8) is 0 Å². The van der Waals surface area contributed by atoms with Gasteiger partial charge in [0.1, 0.15) is 44.7 Å². The Hall–Kier alpha value is -3.78. The summed E-state index contributed by atoms with van der Waals surface area (Å²) in [7, 11) is 5.56. The predicted molar refractivity (Wildman–Crippen MR) is 210 cm³/mol. The summed E-state index contributed by atoms with van der Waals surface area (Å²) in [5.41, 5.74) is 2.88. The van der Waals surface area contributed by atoms with E-state index in [1.54, 1.807) is 0 Å². The Kier molecular flexibility index (Phi) is 23.4. The van der Waals surface area contributed by atoms with Crippen molar-refractivity contribution in [3.05, 3.63) is 52.4 Å². The zero-order chi connectivity index (χ0) is 44.5. The second-order valence-electron chi connectivity index (χ2n) is 12.2. The van der Waals surface area contributed by atoms with Crippen LogP contribution in [-0.2, 0) is 12.8 Å². The number of ether oxygens (including phenoxy) is 7. The van der Waals surface area contributed by atoms with Gasteiger partial charge in [-0.15, -0.1) is 32.4 Å². The molecule has 0 N–H and O–H groups in total. The monoisotopic (exact) mass is 930 g/mol. The maximum absolute atomic E-state index is 12.5. The molecule has 0 atom stereocenters. The number of aryl methyl sites for hydroxylation is 2. The minimum atomic E-state index is -4.80. The maximum Gasteiger partial charge on any atom is 1.00 e. The Morgan fingerprint density at radius 2 is 1.00 bits per heavy atom. The molecule has 0 unspecified atom stereocenters. The van der Waals surface area contributed by atoms with E-state index in [0.29, 0.717) is 57.2 Å². The van der Waals surface area contributed by atoms with E-state index in [-0.39, 0.29) is 70.8 Å². The van der Waals surface area contributed by atoms with E-state index in [1.807, 2.05) is 41.5 Å². The van der Waals surface area contributed by atoms with Crippen LogP contribution >= 0.6 is 15.9 Å². The summed E-state index contributed by atoms with van der Waals surface area (Å²) in [4.78, 5) is 17.8. The van der Waals surface area contributed by atoms with E-state index in [9.17, 15) is 31.4 Å². The minimum Gasteiger partial charge on any atom is -0.852 e. The first kappa shape index (κ1) is 54.2. The molecule has 0 amide bonds. The van der Waals surface area contributed by atoms with Crippen molar-refractivity contribution in [2.75, 3.05) is 28.4 Å². The van der Waals surface area contributed by atoms with Crippen LogP contribution in [0.4, 0.5) is 26.3 Å². The summed E-state index contributed by atoms with van der Waals surface area (Å²) < 4.78 is 110. The molecule has 20 heteroatoms. The van der Waals surface area contributed by atoms with Crippen LogP contribution in [0.15, 0.2) is 41.0 Å². The summed E-state index contributed by atoms with van der Waals surface area (Å²) in [5.74, 6) is 0.326. The van der Waals surface area contributed by atoms with Crippen LogP contribution in [0.1, 0.15) is 78.6 Å². The van der Waals surface area contributed by atoms with Crippen LogP contribution in [0, 0.1) is 0 Å². The van der Waals surface area contributed by atoms with Crippen molar-refractivity contribution >= 4 is 15.9 Å². The van der Waals surface area contributed by atoms with Crippen LogP contribution in [0.25, 0.3) is 22.5 Å². The molecule has 4 aromatic rings. The molecule has 0 aliphatic heterocycles. The molecule has 2 aromatic carbocycles. The van der Waals surface area contributed by atoms with Crippen LogP contribution in [-0.4, -0.2) is 73.3 Å². The van der Waals surface area contributed by atoms with Crippen LogP contribution in [0.5, 0.6) is 40.6 Å². The van der Waals surface area contributed by atoms with Gasteiger partial charge in [0.25, 0.3) is 0 Å². The quantitative estimate of drug-likeness (QED) is 0.0836. The number of alkyl halides is 6. The maximum atomic E-state index is 12.5. The molecule has 0 aliphatic carbocycles. The molecule has 12 nitrogen and oxygen atoms in total. The molecule has 0 saturated heterocycles. The first-order valence-corrected chi connectivity index (χ1v) is 19.4. The number of benzene rings is 2. The second-order valence-corrected chi connectivity index (χ2v) is 12.9. The fraction of sp³-hybridized carbons (Fsp3) is 0.500. The van der Waals surface area contributed by atoms with Gasteiger partial charge in [0.2, 0.25) is 17.6 Å². The fourth-order valence-corrected chi connectivity index (χ4v) is 5.62. The third kappa shape index (κ3) is 16.6. The number of aromatic nitrogens is 4. The van der Waals surface area contributed by atoms with Gasteiger partial charge >= 0.3 is 42.3 Å². The number of rotatable bonds is 16. The van der Waals surface area contributed by atoms with E-state index in [4.69, 9.17) is 23.7 Å². The van der Waals surface area contributed by atoms with Gasteiger partial charge in [-0.2, -0.15) is 4.98 Å². The van der Waals surface area contributed by atoms with E-state index < -0.39 is 18.5 Å². The van der Waals surface area contributed by atoms with Gasteiger partial charge in [-0.1, -0.05) is 54.4 Å². The standard InChI is InChI=1S/C20H25F3N2O4.C15H14BrF3N2O3.C5H11O.Na/c1-6-12(7-2)28-18-15(8-3)24-17(19(25-18)27-5)14-10-9-13(11-16(14)26-4)29-20(21,22)23;1-4-10-13(16)21-14(23-3)12(20-10)9-6-5-8(7-11(9)22-2)24-15(17,18)19;1-3-5(6)4-2;/h9-12H,6-8H2,1-5H3;5-7H,4H2,1-3H3;5H,3-4H2,1-2H3;/q;;-1;+1. The van der Waals surface area contributed by atoms with Gasteiger partial charge in [0.15, 0.2) is 0 Å². The third-order valence-electron chi connectivity index (χ3n) is 8.27. The normalized spacial score (nSPS) is 11.1. The Labute approximate surface area is 377 Å². The summed E-state index contributed by atoms with van der Waals surface area (Å²) in [5, 5.41) is 10.3. The van der Waals surface area contributed by atoms with Gasteiger partial charge in [-0.25, -0.2) is 15.0 Å². The SMILES string of the molecule is CCC([O-])CC.CCc1nc(-c2ccc(OC(F)(F)F)cc2OC)c(OC)nc1Br.CCc1nc(-c2ccc(OC(F)(F)F)cc2OC)c(OC)nc1OC(CC)CC.[Na+]. The van der Waals surface area contributed by atoms with E-state index in [1.165, 1.54) is 52.7 Å². The number of hydrogen-bond donors (Lipinski definition) is 0. The minimum absolute atomic E-state index is 0. The molecular formula is C40H50BrF6N4NaO8. The van der Waals surface area contributed by atoms with Crippen molar-refractivity contribution in [1.29, 1.82) is 0 Å². The molecule has 2 heterocycles. The summed E-state index contributed by atoms with van der Waals surface area (Å²) in [6, 6.07) is 7.49. The Morgan fingerprint density at radius 1 is 0.583 bits per heavy atom. The second kappa shape index (κ2) is 25.9. The van der Waals surface area contributed by atoms with Gasteiger partial charge in [-0.3, -0.25) is 0 Å². The molecule has 2 aromatic heterocycles. The molecule has 4 rings (SSSR count). The van der Waals surface area contributed by atoms with Gasteiger partial charge in [0, 0.05) is 23.3 Å². The predicted octanol–water partition coefficient (Wildman–Crippen LogP) is 7.11. The Bertz CT molecular complexity index is 1920. The van der Waals surface area contributed by atoms with E-state index >= 15 is 0 Å². The number of methoxy groups -OCH3 is 4. The molecule has 0 bridgehead atoms. The Balaban J connectivity index is 0.000000526. The third-order valence-corrected chi connectivity index (χ3v) is 8.90. The van der Waals surface area contributed by atoms with Crippen molar-refractivity contribution in [3.8, 4) is 63.2 Å². The molecule has 60 heavy (non-hydrogen) atoms. The van der Waals surface area contributed by atoms with Crippen LogP contribution < -0.4 is 67.8 Å². The average Bonchev–Trinajstić information content (AvgIpc) is 3.21. The summed E-state index contributed by atoms with van der Waals surface area (Å²) >= 11 is 3.31. The molecular weight excluding hydrogens is 881 g/mol. The van der Waals surface area contributed by atoms with Gasteiger partial charge < -0.3 is 38.3 Å². The van der Waals surface area contributed by atoms with Crippen molar-refractivity contribution in [2.45, 2.75) is 105 Å². The van der Waals surface area contributed by atoms with Crippen LogP contribution in [0.2, 0.25) is 0 Å². The number of halogens is 7. The van der Waals surface area contributed by atoms with Crippen molar-refractivity contribution in [1.82, 2.24) is 19.9 Å². The number of hydrogen-bond acceptors (Lipinski definition) is 12. The zero-order valence-corrected chi connectivity index (χ0v) is 39.1. The van der Waals surface area contributed by atoms with E-state index in [0.717, 1.165) is 37.8 Å². The van der Waals surface area contributed by atoms with E-state index in [2.05, 4.69) is 45.3 Å². The van der Waals surface area contributed by atoms with Crippen molar-refractivity contribution in [2.24, 2.45) is 0 Å². The fourth-order valence-electron chi connectivity index (χ4n) is 5.09. The van der Waals surface area contributed by atoms with Crippen molar-refractivity contribution < 1.29 is 94.2 Å². The topological polar surface area (TPSA) is 139 Å². The van der Waals surface area contributed by atoms with Crippen LogP contribution in [0.3, 0.4) is 0 Å².